The minimum Gasteiger partial charge on any atom is -0.444 e. The summed E-state index contributed by atoms with van der Waals surface area (Å²) in [4.78, 5) is 35.7. The number of alkyl halides is 3. The lowest BCUT2D eigenvalue weighted by molar-refractivity contribution is -0.137. The van der Waals surface area contributed by atoms with E-state index in [1.807, 2.05) is 0 Å². The maximum absolute atomic E-state index is 12.6. The van der Waals surface area contributed by atoms with Gasteiger partial charge in [-0.3, -0.25) is 9.59 Å². The van der Waals surface area contributed by atoms with Crippen LogP contribution in [-0.2, 0) is 22.3 Å². The first kappa shape index (κ1) is 25.7. The second kappa shape index (κ2) is 10.8. The molecule has 2 aromatic carbocycles. The summed E-state index contributed by atoms with van der Waals surface area (Å²) < 4.78 is 42.9. The Kier molecular flexibility index (Phi) is 8.44. The van der Waals surface area contributed by atoms with E-state index in [1.54, 1.807) is 45.0 Å². The molecular formula is C23H26F3N3O4. The zero-order valence-corrected chi connectivity index (χ0v) is 18.5. The van der Waals surface area contributed by atoms with Gasteiger partial charge in [0.1, 0.15) is 5.60 Å². The van der Waals surface area contributed by atoms with E-state index in [9.17, 15) is 27.6 Å². The van der Waals surface area contributed by atoms with Crippen LogP contribution in [0.1, 0.15) is 48.7 Å². The standard InChI is InChI=1S/C23H26F3N3O4/c1-22(2,3)33-21(32)27-13-12-19(30)28-14-15-4-10-18(11-5-15)29-20(31)16-6-8-17(9-7-16)23(24,25)26/h4-11H,12-14H2,1-3H3,(H,27,32)(H,28,30)(H,29,31). The summed E-state index contributed by atoms with van der Waals surface area (Å²) >= 11 is 0. The molecule has 0 radical (unpaired) electrons. The normalized spacial score (nSPS) is 11.5. The van der Waals surface area contributed by atoms with Crippen molar-refractivity contribution < 1.29 is 32.3 Å². The van der Waals surface area contributed by atoms with Gasteiger partial charge in [-0.25, -0.2) is 4.79 Å². The number of halogens is 3. The van der Waals surface area contributed by atoms with E-state index in [0.29, 0.717) is 5.69 Å². The molecular weight excluding hydrogens is 439 g/mol. The van der Waals surface area contributed by atoms with Gasteiger partial charge in [0, 0.05) is 30.8 Å². The fraction of sp³-hybridized carbons (Fsp3) is 0.348. The fourth-order valence-corrected chi connectivity index (χ4v) is 2.60. The van der Waals surface area contributed by atoms with Crippen LogP contribution >= 0.6 is 0 Å². The third-order valence-corrected chi connectivity index (χ3v) is 4.20. The van der Waals surface area contributed by atoms with Gasteiger partial charge < -0.3 is 20.7 Å². The largest absolute Gasteiger partial charge is 0.444 e. The van der Waals surface area contributed by atoms with Gasteiger partial charge in [-0.15, -0.1) is 0 Å². The van der Waals surface area contributed by atoms with Crippen molar-refractivity contribution in [2.75, 3.05) is 11.9 Å². The van der Waals surface area contributed by atoms with Crippen molar-refractivity contribution in [1.29, 1.82) is 0 Å². The number of benzene rings is 2. The molecule has 0 atom stereocenters. The number of nitrogens with one attached hydrogen (secondary N) is 3. The Hall–Kier alpha value is -3.56. The molecule has 3 N–H and O–H groups in total. The molecule has 3 amide bonds. The summed E-state index contributed by atoms with van der Waals surface area (Å²) in [7, 11) is 0. The number of carbonyl (C=O) groups excluding carboxylic acids is 3. The molecule has 178 valence electrons. The Labute approximate surface area is 189 Å². The number of hydrogen-bond acceptors (Lipinski definition) is 4. The van der Waals surface area contributed by atoms with Crippen LogP contribution in [0.25, 0.3) is 0 Å². The van der Waals surface area contributed by atoms with Crippen molar-refractivity contribution in [2.45, 2.75) is 45.5 Å². The van der Waals surface area contributed by atoms with Gasteiger partial charge in [-0.1, -0.05) is 12.1 Å². The maximum Gasteiger partial charge on any atom is 0.416 e. The first-order valence-corrected chi connectivity index (χ1v) is 10.1. The molecule has 0 saturated carbocycles. The highest BCUT2D eigenvalue weighted by atomic mass is 19.4. The van der Waals surface area contributed by atoms with E-state index in [4.69, 9.17) is 4.74 Å². The molecule has 0 fully saturated rings. The molecule has 0 aromatic heterocycles. The zero-order valence-electron chi connectivity index (χ0n) is 18.5. The minimum absolute atomic E-state index is 0.0838. The zero-order chi connectivity index (χ0) is 24.6. The van der Waals surface area contributed by atoms with Crippen LogP contribution in [0.3, 0.4) is 0 Å². The van der Waals surface area contributed by atoms with Crippen LogP contribution in [0.5, 0.6) is 0 Å². The van der Waals surface area contributed by atoms with Crippen molar-refractivity contribution in [1.82, 2.24) is 10.6 Å². The summed E-state index contributed by atoms with van der Waals surface area (Å²) in [5.74, 6) is -0.798. The number of anilines is 1. The highest BCUT2D eigenvalue weighted by molar-refractivity contribution is 6.04. The average molecular weight is 465 g/mol. The predicted octanol–water partition coefficient (Wildman–Crippen LogP) is 4.49. The van der Waals surface area contributed by atoms with Gasteiger partial charge in [-0.2, -0.15) is 13.2 Å². The lowest BCUT2D eigenvalue weighted by atomic mass is 10.1. The molecule has 0 aliphatic heterocycles. The van der Waals surface area contributed by atoms with E-state index >= 15 is 0 Å². The van der Waals surface area contributed by atoms with Crippen LogP contribution in [0.15, 0.2) is 48.5 Å². The van der Waals surface area contributed by atoms with Crippen molar-refractivity contribution >= 4 is 23.6 Å². The third kappa shape index (κ3) is 9.22. The summed E-state index contributed by atoms with van der Waals surface area (Å²) in [5.41, 5.74) is -0.117. The first-order valence-electron chi connectivity index (χ1n) is 10.1. The second-order valence-electron chi connectivity index (χ2n) is 8.18. The smallest absolute Gasteiger partial charge is 0.416 e. The molecule has 33 heavy (non-hydrogen) atoms. The Morgan fingerprint density at radius 2 is 1.48 bits per heavy atom. The van der Waals surface area contributed by atoms with Crippen LogP contribution < -0.4 is 16.0 Å². The third-order valence-electron chi connectivity index (χ3n) is 4.20. The summed E-state index contributed by atoms with van der Waals surface area (Å²) in [6.45, 7) is 5.61. The van der Waals surface area contributed by atoms with Crippen LogP contribution in [-0.4, -0.2) is 30.1 Å². The minimum atomic E-state index is -4.46. The van der Waals surface area contributed by atoms with Crippen LogP contribution in [0.2, 0.25) is 0 Å². The van der Waals surface area contributed by atoms with E-state index < -0.39 is 29.3 Å². The van der Waals surface area contributed by atoms with Gasteiger partial charge in [0.25, 0.3) is 5.91 Å². The molecule has 0 aliphatic rings. The molecule has 2 aromatic rings. The van der Waals surface area contributed by atoms with Crippen molar-refractivity contribution in [3.63, 3.8) is 0 Å². The molecule has 0 spiro atoms. The summed E-state index contributed by atoms with van der Waals surface area (Å²) in [6, 6.07) is 10.6. The van der Waals surface area contributed by atoms with Crippen molar-refractivity contribution in [3.05, 3.63) is 65.2 Å². The number of hydrogen-bond donors (Lipinski definition) is 3. The Morgan fingerprint density at radius 3 is 2.03 bits per heavy atom. The van der Waals surface area contributed by atoms with E-state index in [2.05, 4.69) is 16.0 Å². The molecule has 0 unspecified atom stereocenters. The topological polar surface area (TPSA) is 96.5 Å². The van der Waals surface area contributed by atoms with Crippen LogP contribution in [0.4, 0.5) is 23.7 Å². The van der Waals surface area contributed by atoms with Gasteiger partial charge in [-0.05, 0) is 62.7 Å². The molecule has 0 heterocycles. The number of carbonyl (C=O) groups is 3. The first-order chi connectivity index (χ1) is 15.3. The molecule has 10 heteroatoms. The highest BCUT2D eigenvalue weighted by Crippen LogP contribution is 2.29. The van der Waals surface area contributed by atoms with E-state index in [0.717, 1.165) is 29.8 Å². The number of rotatable bonds is 7. The lowest BCUT2D eigenvalue weighted by Gasteiger charge is -2.19. The highest BCUT2D eigenvalue weighted by Gasteiger charge is 2.30. The van der Waals surface area contributed by atoms with E-state index in [1.165, 1.54) is 0 Å². The Morgan fingerprint density at radius 1 is 0.879 bits per heavy atom. The van der Waals surface area contributed by atoms with Crippen molar-refractivity contribution in [2.24, 2.45) is 0 Å². The maximum atomic E-state index is 12.6. The molecule has 0 saturated heterocycles. The number of ether oxygens (including phenoxy) is 1. The monoisotopic (exact) mass is 465 g/mol. The van der Waals surface area contributed by atoms with Gasteiger partial charge in [0.05, 0.1) is 5.56 Å². The average Bonchev–Trinajstić information content (AvgIpc) is 2.71. The number of amides is 3. The second-order valence-corrected chi connectivity index (χ2v) is 8.18. The number of alkyl carbamates (subject to hydrolysis) is 1. The SMILES string of the molecule is CC(C)(C)OC(=O)NCCC(=O)NCc1ccc(NC(=O)c2ccc(C(F)(F)F)cc2)cc1. The quantitative estimate of drug-likeness (QED) is 0.562. The van der Waals surface area contributed by atoms with Crippen molar-refractivity contribution in [3.8, 4) is 0 Å². The molecule has 0 aliphatic carbocycles. The van der Waals surface area contributed by atoms with Gasteiger partial charge in [0.15, 0.2) is 0 Å². The predicted molar refractivity (Wildman–Crippen MR) is 117 cm³/mol. The van der Waals surface area contributed by atoms with Gasteiger partial charge >= 0.3 is 12.3 Å². The Balaban J connectivity index is 1.76. The van der Waals surface area contributed by atoms with E-state index in [-0.39, 0.29) is 31.0 Å². The summed E-state index contributed by atoms with van der Waals surface area (Å²) in [6.07, 6.45) is -4.97. The van der Waals surface area contributed by atoms with Crippen LogP contribution in [0, 0.1) is 0 Å². The summed E-state index contributed by atoms with van der Waals surface area (Å²) in [5, 5.41) is 7.82. The van der Waals surface area contributed by atoms with Gasteiger partial charge in [0.2, 0.25) is 5.91 Å². The Bertz CT molecular complexity index is 966. The fourth-order valence-electron chi connectivity index (χ4n) is 2.60. The molecule has 2 rings (SSSR count). The molecule has 7 nitrogen and oxygen atoms in total. The molecule has 0 bridgehead atoms. The lowest BCUT2D eigenvalue weighted by Crippen LogP contribution is -2.35.